The molecule has 70 heavy (non-hydrogen) atoms. The van der Waals surface area contributed by atoms with Crippen LogP contribution in [0, 0.1) is 17.2 Å². The van der Waals surface area contributed by atoms with Gasteiger partial charge in [0, 0.05) is 33.4 Å². The van der Waals surface area contributed by atoms with E-state index in [2.05, 4.69) is 26.7 Å². The number of hydrogen-bond donors (Lipinski definition) is 0. The highest BCUT2D eigenvalue weighted by atomic mass is 19.1. The number of halogens is 1. The smallest absolute Gasteiger partial charge is 0.417 e. The van der Waals surface area contributed by atoms with E-state index in [0.29, 0.717) is 11.5 Å². The number of ether oxygens (including phenoxy) is 8. The summed E-state index contributed by atoms with van der Waals surface area (Å²) >= 11 is 0. The van der Waals surface area contributed by atoms with Crippen LogP contribution in [-0.4, -0.2) is 81.4 Å². The van der Waals surface area contributed by atoms with Crippen molar-refractivity contribution in [3.05, 3.63) is 102 Å². The van der Waals surface area contributed by atoms with Crippen LogP contribution in [0.5, 0.6) is 17.2 Å². The highest BCUT2D eigenvalue weighted by Gasteiger charge is 2.39. The van der Waals surface area contributed by atoms with E-state index < -0.39 is 79.4 Å². The standard InChI is InChI=1S/C54H63FO15/c1-10-13-14-15-36-16-18-37(19-17-36)39-22-25-41(44(55)26-39)43-28-45(69-48(57)34(6)7)42(27-46(43)70-49(58)35(8)9)38-20-23-40(24-21-38)65-29-54(30-66-47(56)33(4)5,31-67-52(61)50(59)63-11-2)32-68-53(62)51(60)64-12-3/h20-28,36-37H,4,6,8,10-19,29-32H2,1-3,5,7,9H3. The molecular weight excluding hydrogens is 908 g/mol. The molecule has 4 rings (SSSR count). The first-order valence-corrected chi connectivity index (χ1v) is 23.3. The third kappa shape index (κ3) is 16.0. The monoisotopic (exact) mass is 970 g/mol. The Morgan fingerprint density at radius 3 is 1.53 bits per heavy atom. The second kappa shape index (κ2) is 26.6. The fourth-order valence-electron chi connectivity index (χ4n) is 7.50. The minimum absolute atomic E-state index is 0.0000204. The minimum Gasteiger partial charge on any atom is -0.493 e. The number of rotatable bonds is 23. The number of carbonyl (C=O) groups is 7. The molecule has 15 nitrogen and oxygen atoms in total. The summed E-state index contributed by atoms with van der Waals surface area (Å²) in [6.07, 6.45) is 8.93. The lowest BCUT2D eigenvalue weighted by atomic mass is 9.77. The van der Waals surface area contributed by atoms with E-state index in [9.17, 15) is 33.6 Å². The highest BCUT2D eigenvalue weighted by Crippen LogP contribution is 2.44. The van der Waals surface area contributed by atoms with Crippen LogP contribution in [0.1, 0.15) is 104 Å². The predicted molar refractivity (Wildman–Crippen MR) is 256 cm³/mol. The quantitative estimate of drug-likeness (QED) is 0.0218. The molecule has 0 heterocycles. The van der Waals surface area contributed by atoms with Gasteiger partial charge >= 0.3 is 41.8 Å². The van der Waals surface area contributed by atoms with Gasteiger partial charge in [-0.05, 0) is 114 Å². The van der Waals surface area contributed by atoms with Crippen molar-refractivity contribution < 1.29 is 75.8 Å². The van der Waals surface area contributed by atoms with Crippen molar-refractivity contribution in [2.75, 3.05) is 39.6 Å². The highest BCUT2D eigenvalue weighted by molar-refractivity contribution is 6.30. The molecule has 0 spiro atoms. The zero-order valence-electron chi connectivity index (χ0n) is 40.9. The van der Waals surface area contributed by atoms with E-state index in [1.54, 1.807) is 18.2 Å². The van der Waals surface area contributed by atoms with E-state index in [-0.39, 0.29) is 69.8 Å². The summed E-state index contributed by atoms with van der Waals surface area (Å²) in [5, 5.41) is 0. The molecule has 0 atom stereocenters. The zero-order valence-corrected chi connectivity index (χ0v) is 40.9. The molecule has 16 heteroatoms. The van der Waals surface area contributed by atoms with Crippen molar-refractivity contribution in [3.8, 4) is 39.5 Å². The van der Waals surface area contributed by atoms with Gasteiger partial charge in [-0.1, -0.05) is 76.6 Å². The molecule has 1 saturated carbocycles. The van der Waals surface area contributed by atoms with Crippen LogP contribution in [0.3, 0.4) is 0 Å². The van der Waals surface area contributed by atoms with Crippen molar-refractivity contribution in [1.29, 1.82) is 0 Å². The summed E-state index contributed by atoms with van der Waals surface area (Å²) < 4.78 is 59.4. The van der Waals surface area contributed by atoms with E-state index in [1.165, 1.54) is 90.6 Å². The van der Waals surface area contributed by atoms with Gasteiger partial charge in [0.15, 0.2) is 0 Å². The Morgan fingerprint density at radius 2 is 1.04 bits per heavy atom. The van der Waals surface area contributed by atoms with E-state index in [0.717, 1.165) is 31.2 Å². The third-order valence-electron chi connectivity index (χ3n) is 11.5. The summed E-state index contributed by atoms with van der Waals surface area (Å²) in [6, 6.07) is 14.0. The van der Waals surface area contributed by atoms with Crippen LogP contribution >= 0.6 is 0 Å². The average Bonchev–Trinajstić information content (AvgIpc) is 3.34. The van der Waals surface area contributed by atoms with Crippen LogP contribution in [-0.2, 0) is 57.2 Å². The van der Waals surface area contributed by atoms with Gasteiger partial charge in [-0.2, -0.15) is 0 Å². The Morgan fingerprint density at radius 1 is 0.557 bits per heavy atom. The molecule has 376 valence electrons. The number of benzene rings is 3. The molecule has 0 bridgehead atoms. The summed E-state index contributed by atoms with van der Waals surface area (Å²) in [6.45, 7) is 17.5. The number of hydrogen-bond acceptors (Lipinski definition) is 15. The lowest BCUT2D eigenvalue weighted by molar-refractivity contribution is -0.178. The third-order valence-corrected chi connectivity index (χ3v) is 11.5. The SMILES string of the molecule is C=C(C)C(=O)OCC(COC(=O)C(=O)OCC)(COC(=O)C(=O)OCC)COc1ccc(-c2cc(OC(=O)C(=C)C)c(-c3ccc(C4CCC(CCCCC)CC4)cc3F)cc2OC(=O)C(=C)C)cc1. The van der Waals surface area contributed by atoms with Crippen molar-refractivity contribution >= 4 is 41.8 Å². The largest absolute Gasteiger partial charge is 0.493 e. The fourth-order valence-corrected chi connectivity index (χ4v) is 7.50. The Bertz CT molecular complexity index is 2390. The molecule has 0 amide bonds. The van der Waals surface area contributed by atoms with Crippen LogP contribution < -0.4 is 14.2 Å². The van der Waals surface area contributed by atoms with Gasteiger partial charge < -0.3 is 37.9 Å². The van der Waals surface area contributed by atoms with Crippen LogP contribution in [0.25, 0.3) is 22.3 Å². The number of esters is 7. The molecule has 0 unspecified atom stereocenters. The first kappa shape index (κ1) is 55.5. The Balaban J connectivity index is 1.74. The van der Waals surface area contributed by atoms with E-state index in [4.69, 9.17) is 37.9 Å². The molecule has 1 fully saturated rings. The molecule has 0 saturated heterocycles. The Hall–Kier alpha value is -7.10. The molecule has 0 radical (unpaired) electrons. The zero-order chi connectivity index (χ0) is 51.5. The van der Waals surface area contributed by atoms with Crippen LogP contribution in [0.2, 0.25) is 0 Å². The molecule has 0 aliphatic heterocycles. The second-order valence-electron chi connectivity index (χ2n) is 17.4. The average molecular weight is 971 g/mol. The van der Waals surface area contributed by atoms with Gasteiger partial charge in [-0.15, -0.1) is 0 Å². The summed E-state index contributed by atoms with van der Waals surface area (Å²) in [7, 11) is 0. The van der Waals surface area contributed by atoms with Crippen molar-refractivity contribution in [2.24, 2.45) is 11.3 Å². The maximum atomic E-state index is 16.4. The van der Waals surface area contributed by atoms with Gasteiger partial charge in [0.25, 0.3) is 0 Å². The molecule has 3 aromatic rings. The van der Waals surface area contributed by atoms with Crippen LogP contribution in [0.4, 0.5) is 4.39 Å². The summed E-state index contributed by atoms with van der Waals surface area (Å²) in [5.74, 6) is -7.51. The maximum Gasteiger partial charge on any atom is 0.417 e. The predicted octanol–water partition coefficient (Wildman–Crippen LogP) is 9.67. The first-order chi connectivity index (χ1) is 33.3. The van der Waals surface area contributed by atoms with Crippen molar-refractivity contribution in [2.45, 2.75) is 98.8 Å². The van der Waals surface area contributed by atoms with Crippen molar-refractivity contribution in [1.82, 2.24) is 0 Å². The lowest BCUT2D eigenvalue weighted by Gasteiger charge is -2.31. The molecule has 1 aliphatic carbocycles. The van der Waals surface area contributed by atoms with Crippen molar-refractivity contribution in [3.63, 3.8) is 0 Å². The van der Waals surface area contributed by atoms with Gasteiger partial charge in [0.05, 0.1) is 13.2 Å². The molecule has 3 aromatic carbocycles. The molecular formula is C54H63FO15. The molecule has 0 N–H and O–H groups in total. The maximum absolute atomic E-state index is 16.4. The minimum atomic E-state index is -1.75. The van der Waals surface area contributed by atoms with Crippen LogP contribution in [0.15, 0.2) is 91.1 Å². The summed E-state index contributed by atoms with van der Waals surface area (Å²) in [4.78, 5) is 88.2. The van der Waals surface area contributed by atoms with E-state index in [1.807, 2.05) is 6.07 Å². The lowest BCUT2D eigenvalue weighted by Crippen LogP contribution is -2.45. The van der Waals surface area contributed by atoms with Gasteiger partial charge in [-0.3, -0.25) is 0 Å². The normalized spacial score (nSPS) is 14.3. The first-order valence-electron chi connectivity index (χ1n) is 23.3. The van der Waals surface area contributed by atoms with Gasteiger partial charge in [-0.25, -0.2) is 38.0 Å². The Kier molecular flexibility index (Phi) is 21.1. The number of carbonyl (C=O) groups excluding carboxylic acids is 7. The summed E-state index contributed by atoms with van der Waals surface area (Å²) in [5.41, 5.74) is 0.127. The number of unbranched alkanes of at least 4 members (excludes halogenated alkanes) is 2. The van der Waals surface area contributed by atoms with Gasteiger partial charge in [0.1, 0.15) is 54.9 Å². The molecule has 0 aromatic heterocycles. The molecule has 1 aliphatic rings. The van der Waals surface area contributed by atoms with Gasteiger partial charge in [0.2, 0.25) is 0 Å². The fraction of sp³-hybridized carbons (Fsp3) is 0.426. The topological polar surface area (TPSA) is 193 Å². The van der Waals surface area contributed by atoms with E-state index >= 15 is 4.39 Å². The Labute approximate surface area is 408 Å². The second-order valence-corrected chi connectivity index (χ2v) is 17.4.